The van der Waals surface area contributed by atoms with Crippen LogP contribution in [0.2, 0.25) is 0 Å². The first-order chi connectivity index (χ1) is 6.72. The van der Waals surface area contributed by atoms with Gasteiger partial charge in [-0.05, 0) is 26.4 Å². The van der Waals surface area contributed by atoms with Gasteiger partial charge >= 0.3 is 0 Å². The van der Waals surface area contributed by atoms with Gasteiger partial charge in [0.15, 0.2) is 0 Å². The Kier molecular flexibility index (Phi) is 8.57. The zero-order valence-electron chi connectivity index (χ0n) is 9.38. The molecule has 0 aliphatic rings. The Morgan fingerprint density at radius 2 is 2.07 bits per heavy atom. The highest BCUT2D eigenvalue weighted by molar-refractivity contribution is 5.75. The van der Waals surface area contributed by atoms with Crippen LogP contribution >= 0.6 is 0 Å². The molecule has 84 valence electrons. The Morgan fingerprint density at radius 3 is 2.64 bits per heavy atom. The summed E-state index contributed by atoms with van der Waals surface area (Å²) in [6.45, 7) is 2.36. The minimum atomic E-state index is 0.234. The van der Waals surface area contributed by atoms with Crippen molar-refractivity contribution in [3.63, 3.8) is 0 Å². The summed E-state index contributed by atoms with van der Waals surface area (Å²) in [5.74, 6) is 0.234. The predicted molar refractivity (Wildman–Crippen MR) is 59.1 cm³/mol. The SMILES string of the molecule is CNCCN(C)C(=O)CCCCCN. The molecule has 14 heavy (non-hydrogen) atoms. The second-order valence-corrected chi connectivity index (χ2v) is 3.52. The number of amides is 1. The van der Waals surface area contributed by atoms with Gasteiger partial charge in [0, 0.05) is 26.6 Å². The van der Waals surface area contributed by atoms with Crippen molar-refractivity contribution in [2.45, 2.75) is 25.7 Å². The van der Waals surface area contributed by atoms with Crippen LogP contribution in [0.5, 0.6) is 0 Å². The van der Waals surface area contributed by atoms with Gasteiger partial charge in [-0.3, -0.25) is 4.79 Å². The van der Waals surface area contributed by atoms with Crippen molar-refractivity contribution in [3.8, 4) is 0 Å². The van der Waals surface area contributed by atoms with Gasteiger partial charge < -0.3 is 16.0 Å². The third kappa shape index (κ3) is 6.86. The number of nitrogens with zero attached hydrogens (tertiary/aromatic N) is 1. The number of nitrogens with two attached hydrogens (primary N) is 1. The smallest absolute Gasteiger partial charge is 0.222 e. The first kappa shape index (κ1) is 13.4. The average molecular weight is 201 g/mol. The van der Waals surface area contributed by atoms with E-state index < -0.39 is 0 Å². The van der Waals surface area contributed by atoms with Crippen LogP contribution < -0.4 is 11.1 Å². The Morgan fingerprint density at radius 1 is 1.36 bits per heavy atom. The number of unbranched alkanes of at least 4 members (excludes halogenated alkanes) is 2. The molecule has 0 rings (SSSR count). The highest BCUT2D eigenvalue weighted by Gasteiger charge is 2.06. The summed E-state index contributed by atoms with van der Waals surface area (Å²) in [7, 11) is 3.74. The number of carbonyl (C=O) groups excluding carboxylic acids is 1. The van der Waals surface area contributed by atoms with Crippen LogP contribution in [0, 0.1) is 0 Å². The summed E-state index contributed by atoms with van der Waals surface area (Å²) < 4.78 is 0. The third-order valence-electron chi connectivity index (χ3n) is 2.22. The summed E-state index contributed by atoms with van der Waals surface area (Å²) in [5.41, 5.74) is 5.37. The molecule has 0 aromatic carbocycles. The van der Waals surface area contributed by atoms with E-state index in [0.29, 0.717) is 6.42 Å². The van der Waals surface area contributed by atoms with Crippen LogP contribution in [-0.4, -0.2) is 44.5 Å². The summed E-state index contributed by atoms with van der Waals surface area (Å²) in [6, 6.07) is 0. The van der Waals surface area contributed by atoms with E-state index in [1.165, 1.54) is 0 Å². The highest BCUT2D eigenvalue weighted by Crippen LogP contribution is 2.01. The molecule has 0 saturated carbocycles. The van der Waals surface area contributed by atoms with E-state index >= 15 is 0 Å². The number of rotatable bonds is 8. The lowest BCUT2D eigenvalue weighted by Gasteiger charge is -2.16. The van der Waals surface area contributed by atoms with Gasteiger partial charge in [-0.15, -0.1) is 0 Å². The average Bonchev–Trinajstić information content (AvgIpc) is 2.20. The molecule has 0 heterocycles. The number of nitrogens with one attached hydrogen (secondary N) is 1. The van der Waals surface area contributed by atoms with Crippen molar-refractivity contribution in [2.24, 2.45) is 5.73 Å². The quantitative estimate of drug-likeness (QED) is 0.551. The van der Waals surface area contributed by atoms with E-state index in [4.69, 9.17) is 5.73 Å². The summed E-state index contributed by atoms with van der Waals surface area (Å²) >= 11 is 0. The van der Waals surface area contributed by atoms with Crippen molar-refractivity contribution in [3.05, 3.63) is 0 Å². The lowest BCUT2D eigenvalue weighted by atomic mass is 10.2. The van der Waals surface area contributed by atoms with E-state index in [2.05, 4.69) is 5.32 Å². The number of hydrogen-bond acceptors (Lipinski definition) is 3. The fourth-order valence-corrected chi connectivity index (χ4v) is 1.19. The predicted octanol–water partition coefficient (Wildman–Crippen LogP) is 0.183. The zero-order valence-corrected chi connectivity index (χ0v) is 9.38. The van der Waals surface area contributed by atoms with Crippen LogP contribution in [0.25, 0.3) is 0 Å². The Bertz CT molecular complexity index is 150. The van der Waals surface area contributed by atoms with Gasteiger partial charge in [-0.1, -0.05) is 6.42 Å². The van der Waals surface area contributed by atoms with Gasteiger partial charge in [0.1, 0.15) is 0 Å². The zero-order chi connectivity index (χ0) is 10.8. The molecule has 0 aliphatic carbocycles. The lowest BCUT2D eigenvalue weighted by Crippen LogP contribution is -2.32. The van der Waals surface area contributed by atoms with Gasteiger partial charge in [0.05, 0.1) is 0 Å². The first-order valence-corrected chi connectivity index (χ1v) is 5.31. The standard InChI is InChI=1S/C10H23N3O/c1-12-8-9-13(2)10(14)6-4-3-5-7-11/h12H,3-9,11H2,1-2H3. The fraction of sp³-hybridized carbons (Fsp3) is 0.900. The normalized spacial score (nSPS) is 10.2. The van der Waals surface area contributed by atoms with Crippen LogP contribution in [-0.2, 0) is 4.79 Å². The molecular formula is C10H23N3O. The Balaban J connectivity index is 3.42. The van der Waals surface area contributed by atoms with E-state index in [0.717, 1.165) is 38.9 Å². The monoisotopic (exact) mass is 201 g/mol. The van der Waals surface area contributed by atoms with E-state index in [-0.39, 0.29) is 5.91 Å². The molecule has 1 amide bonds. The van der Waals surface area contributed by atoms with Crippen molar-refractivity contribution in [2.75, 3.05) is 33.7 Å². The molecule has 0 aliphatic heterocycles. The molecule has 0 spiro atoms. The number of carbonyl (C=O) groups is 1. The molecule has 0 fully saturated rings. The maximum Gasteiger partial charge on any atom is 0.222 e. The summed E-state index contributed by atoms with van der Waals surface area (Å²) in [4.78, 5) is 13.3. The van der Waals surface area contributed by atoms with Crippen molar-refractivity contribution in [1.82, 2.24) is 10.2 Å². The maximum atomic E-state index is 11.5. The largest absolute Gasteiger partial charge is 0.344 e. The lowest BCUT2D eigenvalue weighted by molar-refractivity contribution is -0.129. The molecule has 4 nitrogen and oxygen atoms in total. The molecule has 0 aromatic rings. The number of hydrogen-bond donors (Lipinski definition) is 2. The minimum absolute atomic E-state index is 0.234. The molecule has 4 heteroatoms. The minimum Gasteiger partial charge on any atom is -0.344 e. The molecular weight excluding hydrogens is 178 g/mol. The molecule has 0 aromatic heterocycles. The molecule has 3 N–H and O–H groups in total. The van der Waals surface area contributed by atoms with Gasteiger partial charge in [0.25, 0.3) is 0 Å². The Labute approximate surface area is 86.8 Å². The third-order valence-corrected chi connectivity index (χ3v) is 2.22. The second-order valence-electron chi connectivity index (χ2n) is 3.52. The second kappa shape index (κ2) is 8.97. The van der Waals surface area contributed by atoms with Crippen molar-refractivity contribution >= 4 is 5.91 Å². The van der Waals surface area contributed by atoms with E-state index in [9.17, 15) is 4.79 Å². The Hall–Kier alpha value is -0.610. The molecule has 0 bridgehead atoms. The van der Waals surface area contributed by atoms with Gasteiger partial charge in [-0.2, -0.15) is 0 Å². The van der Waals surface area contributed by atoms with Crippen molar-refractivity contribution in [1.29, 1.82) is 0 Å². The van der Waals surface area contributed by atoms with E-state index in [1.807, 2.05) is 14.1 Å². The summed E-state index contributed by atoms with van der Waals surface area (Å²) in [5, 5.41) is 3.02. The van der Waals surface area contributed by atoms with Crippen molar-refractivity contribution < 1.29 is 4.79 Å². The fourth-order valence-electron chi connectivity index (χ4n) is 1.19. The highest BCUT2D eigenvalue weighted by atomic mass is 16.2. The van der Waals surface area contributed by atoms with Crippen LogP contribution in [0.1, 0.15) is 25.7 Å². The molecule has 0 saturated heterocycles. The van der Waals surface area contributed by atoms with Crippen LogP contribution in [0.4, 0.5) is 0 Å². The molecule has 0 atom stereocenters. The maximum absolute atomic E-state index is 11.5. The first-order valence-electron chi connectivity index (χ1n) is 5.31. The number of likely N-dealkylation sites (N-methyl/N-ethyl adjacent to an activating group) is 2. The van der Waals surface area contributed by atoms with E-state index in [1.54, 1.807) is 4.90 Å². The molecule has 0 unspecified atom stereocenters. The van der Waals surface area contributed by atoms with Crippen LogP contribution in [0.15, 0.2) is 0 Å². The molecule has 0 radical (unpaired) electrons. The topological polar surface area (TPSA) is 58.4 Å². The van der Waals surface area contributed by atoms with Crippen LogP contribution in [0.3, 0.4) is 0 Å². The summed E-state index contributed by atoms with van der Waals surface area (Å²) in [6.07, 6.45) is 3.69. The van der Waals surface area contributed by atoms with Gasteiger partial charge in [0.2, 0.25) is 5.91 Å². The van der Waals surface area contributed by atoms with Gasteiger partial charge in [-0.25, -0.2) is 0 Å².